The van der Waals surface area contributed by atoms with E-state index >= 15 is 0 Å². The number of halogens is 1. The number of hydrogen-bond donors (Lipinski definition) is 1. The van der Waals surface area contributed by atoms with Crippen LogP contribution < -0.4 is 5.32 Å². The highest BCUT2D eigenvalue weighted by atomic mass is 127. The summed E-state index contributed by atoms with van der Waals surface area (Å²) in [6, 6.07) is 7.02. The van der Waals surface area contributed by atoms with Crippen molar-refractivity contribution >= 4 is 51.5 Å². The predicted octanol–water partition coefficient (Wildman–Crippen LogP) is 3.70. The summed E-state index contributed by atoms with van der Waals surface area (Å²) in [5, 5.41) is 4.57. The van der Waals surface area contributed by atoms with Crippen LogP contribution in [-0.2, 0) is 4.74 Å². The van der Waals surface area contributed by atoms with Gasteiger partial charge in [0.05, 0.1) is 26.8 Å². The lowest BCUT2D eigenvalue weighted by molar-refractivity contribution is 0.0602. The highest BCUT2D eigenvalue weighted by molar-refractivity contribution is 14.1. The van der Waals surface area contributed by atoms with E-state index in [9.17, 15) is 9.59 Å². The largest absolute Gasteiger partial charge is 0.465 e. The van der Waals surface area contributed by atoms with Gasteiger partial charge < -0.3 is 10.1 Å². The summed E-state index contributed by atoms with van der Waals surface area (Å²) >= 11 is 3.66. The third-order valence-electron chi connectivity index (χ3n) is 2.75. The molecule has 1 aromatic carbocycles. The molecule has 0 aliphatic rings. The standard InChI is InChI=1S/C14H12INO3S/c1-8-4-3-5-10(14(18)19-2)12(8)16-13(17)9-6-11(15)20-7-9/h3-7H,1-2H3,(H,16,17). The molecule has 1 aromatic heterocycles. The smallest absolute Gasteiger partial charge is 0.339 e. The number of rotatable bonds is 3. The average Bonchev–Trinajstić information content (AvgIpc) is 2.87. The Kier molecular flexibility index (Phi) is 4.77. The maximum absolute atomic E-state index is 12.2. The van der Waals surface area contributed by atoms with Gasteiger partial charge in [0.25, 0.3) is 5.91 Å². The van der Waals surface area contributed by atoms with Crippen LogP contribution in [0.15, 0.2) is 29.6 Å². The molecule has 0 saturated carbocycles. The number of carbonyl (C=O) groups excluding carboxylic acids is 2. The summed E-state index contributed by atoms with van der Waals surface area (Å²) in [6.45, 7) is 1.83. The molecule has 6 heteroatoms. The van der Waals surface area contributed by atoms with Crippen LogP contribution in [0.25, 0.3) is 0 Å². The minimum atomic E-state index is -0.469. The number of para-hydroxylation sites is 1. The third-order valence-corrected chi connectivity index (χ3v) is 4.54. The van der Waals surface area contributed by atoms with Gasteiger partial charge in [-0.3, -0.25) is 4.79 Å². The van der Waals surface area contributed by atoms with Gasteiger partial charge in [0, 0.05) is 5.38 Å². The van der Waals surface area contributed by atoms with Gasteiger partial charge in [-0.25, -0.2) is 4.79 Å². The summed E-state index contributed by atoms with van der Waals surface area (Å²) in [4.78, 5) is 23.9. The number of nitrogens with one attached hydrogen (secondary N) is 1. The molecule has 0 fully saturated rings. The van der Waals surface area contributed by atoms with Crippen molar-refractivity contribution in [1.82, 2.24) is 0 Å². The Morgan fingerprint density at radius 1 is 1.35 bits per heavy atom. The van der Waals surface area contributed by atoms with Crippen molar-refractivity contribution in [3.8, 4) is 0 Å². The van der Waals surface area contributed by atoms with Crippen molar-refractivity contribution in [2.45, 2.75) is 6.92 Å². The van der Waals surface area contributed by atoms with Crippen molar-refractivity contribution in [2.24, 2.45) is 0 Å². The topological polar surface area (TPSA) is 55.4 Å². The molecule has 0 bridgehead atoms. The predicted molar refractivity (Wildman–Crippen MR) is 87.5 cm³/mol. The Balaban J connectivity index is 2.33. The zero-order chi connectivity index (χ0) is 14.7. The van der Waals surface area contributed by atoms with Crippen molar-refractivity contribution in [3.05, 3.63) is 49.2 Å². The lowest BCUT2D eigenvalue weighted by atomic mass is 10.1. The van der Waals surface area contributed by atoms with E-state index in [1.54, 1.807) is 23.6 Å². The minimum Gasteiger partial charge on any atom is -0.465 e. The number of methoxy groups -OCH3 is 1. The summed E-state index contributed by atoms with van der Waals surface area (Å²) in [6.07, 6.45) is 0. The van der Waals surface area contributed by atoms with Gasteiger partial charge in [0.1, 0.15) is 0 Å². The number of anilines is 1. The second-order valence-corrected chi connectivity index (χ2v) is 6.89. The molecule has 0 atom stereocenters. The fourth-order valence-corrected chi connectivity index (χ4v) is 3.06. The fourth-order valence-electron chi connectivity index (χ4n) is 1.73. The first kappa shape index (κ1) is 15.0. The van der Waals surface area contributed by atoms with Gasteiger partial charge in [0.2, 0.25) is 0 Å². The fraction of sp³-hybridized carbons (Fsp3) is 0.143. The zero-order valence-corrected chi connectivity index (χ0v) is 13.9. The molecule has 2 rings (SSSR count). The number of thiophene rings is 1. The van der Waals surface area contributed by atoms with Crippen LogP contribution in [0.5, 0.6) is 0 Å². The first-order valence-electron chi connectivity index (χ1n) is 5.76. The zero-order valence-electron chi connectivity index (χ0n) is 10.9. The summed E-state index contributed by atoms with van der Waals surface area (Å²) in [5.41, 5.74) is 2.24. The summed E-state index contributed by atoms with van der Waals surface area (Å²) < 4.78 is 5.77. The van der Waals surface area contributed by atoms with Gasteiger partial charge >= 0.3 is 5.97 Å². The van der Waals surface area contributed by atoms with Gasteiger partial charge in [0.15, 0.2) is 0 Å². The number of amides is 1. The quantitative estimate of drug-likeness (QED) is 0.631. The van der Waals surface area contributed by atoms with Gasteiger partial charge in [-0.15, -0.1) is 11.3 Å². The Morgan fingerprint density at radius 3 is 2.70 bits per heavy atom. The summed E-state index contributed by atoms with van der Waals surface area (Å²) in [5.74, 6) is -0.701. The van der Waals surface area contributed by atoms with Gasteiger partial charge in [-0.1, -0.05) is 12.1 Å². The van der Waals surface area contributed by atoms with Crippen molar-refractivity contribution in [3.63, 3.8) is 0 Å². The molecular formula is C14H12INO3S. The van der Waals surface area contributed by atoms with Crippen molar-refractivity contribution in [1.29, 1.82) is 0 Å². The number of benzene rings is 1. The van der Waals surface area contributed by atoms with E-state index in [1.165, 1.54) is 18.4 Å². The van der Waals surface area contributed by atoms with Crippen LogP contribution in [-0.4, -0.2) is 19.0 Å². The first-order valence-corrected chi connectivity index (χ1v) is 7.72. The second kappa shape index (κ2) is 6.36. The van der Waals surface area contributed by atoms with Crippen LogP contribution in [0.2, 0.25) is 0 Å². The summed E-state index contributed by atoms with van der Waals surface area (Å²) in [7, 11) is 1.32. The van der Waals surface area contributed by atoms with E-state index in [-0.39, 0.29) is 5.91 Å². The molecule has 4 nitrogen and oxygen atoms in total. The molecule has 0 radical (unpaired) electrons. The molecule has 0 saturated heterocycles. The molecule has 0 aliphatic heterocycles. The number of aryl methyl sites for hydroxylation is 1. The van der Waals surface area contributed by atoms with E-state index in [2.05, 4.69) is 27.9 Å². The SMILES string of the molecule is COC(=O)c1cccc(C)c1NC(=O)c1csc(I)c1. The molecule has 2 aromatic rings. The highest BCUT2D eigenvalue weighted by Crippen LogP contribution is 2.23. The Morgan fingerprint density at radius 2 is 2.10 bits per heavy atom. The molecule has 0 aliphatic carbocycles. The number of carbonyl (C=O) groups is 2. The lowest BCUT2D eigenvalue weighted by Gasteiger charge is -2.12. The minimum absolute atomic E-state index is 0.233. The van der Waals surface area contributed by atoms with Crippen LogP contribution in [0, 0.1) is 9.81 Å². The molecule has 104 valence electrons. The molecule has 20 heavy (non-hydrogen) atoms. The van der Waals surface area contributed by atoms with Gasteiger partial charge in [-0.2, -0.15) is 0 Å². The molecule has 1 heterocycles. The van der Waals surface area contributed by atoms with E-state index in [0.29, 0.717) is 16.8 Å². The Hall–Kier alpha value is -1.41. The Labute approximate surface area is 134 Å². The number of esters is 1. The number of hydrogen-bond acceptors (Lipinski definition) is 4. The monoisotopic (exact) mass is 401 g/mol. The molecular weight excluding hydrogens is 389 g/mol. The van der Waals surface area contributed by atoms with E-state index in [4.69, 9.17) is 4.74 Å². The Bertz CT molecular complexity index is 666. The van der Waals surface area contributed by atoms with Crippen LogP contribution >= 0.6 is 33.9 Å². The lowest BCUT2D eigenvalue weighted by Crippen LogP contribution is -2.16. The average molecular weight is 401 g/mol. The van der Waals surface area contributed by atoms with Crippen LogP contribution in [0.4, 0.5) is 5.69 Å². The van der Waals surface area contributed by atoms with E-state index in [1.807, 2.05) is 13.0 Å². The van der Waals surface area contributed by atoms with Crippen molar-refractivity contribution < 1.29 is 14.3 Å². The normalized spacial score (nSPS) is 10.2. The molecule has 0 unspecified atom stereocenters. The molecule has 1 amide bonds. The second-order valence-electron chi connectivity index (χ2n) is 4.08. The first-order chi connectivity index (χ1) is 9.52. The van der Waals surface area contributed by atoms with Crippen LogP contribution in [0.3, 0.4) is 0 Å². The third kappa shape index (κ3) is 3.18. The van der Waals surface area contributed by atoms with Gasteiger partial charge in [-0.05, 0) is 47.2 Å². The van der Waals surface area contributed by atoms with Crippen LogP contribution in [0.1, 0.15) is 26.3 Å². The van der Waals surface area contributed by atoms with E-state index in [0.717, 1.165) is 8.45 Å². The maximum Gasteiger partial charge on any atom is 0.339 e. The maximum atomic E-state index is 12.2. The molecule has 0 spiro atoms. The van der Waals surface area contributed by atoms with Crippen molar-refractivity contribution in [2.75, 3.05) is 12.4 Å². The molecule has 1 N–H and O–H groups in total. The highest BCUT2D eigenvalue weighted by Gasteiger charge is 2.17. The number of ether oxygens (including phenoxy) is 1. The van der Waals surface area contributed by atoms with E-state index < -0.39 is 5.97 Å².